The van der Waals surface area contributed by atoms with Crippen LogP contribution in [-0.4, -0.2) is 30.8 Å². The monoisotopic (exact) mass is 633 g/mol. The zero-order chi connectivity index (χ0) is 33.4. The highest BCUT2D eigenvalue weighted by Crippen LogP contribution is 2.30. The molecule has 0 spiro atoms. The van der Waals surface area contributed by atoms with E-state index in [1.807, 2.05) is 97.1 Å². The standard InChI is InChI=1S/C42H31N7/c1-2-3-24-44-38(43)31-20-16-29(17-21-31)34-12-7-14-36(27-34)41-47-40(32-10-5-4-6-11-32)48-42(49-41)37-15-8-13-35(28-37)30-18-22-33(23-19-30)39-45-25-9-26-46-39/h2-28H,1H2,(H2,43,44)/b24-3-. The molecule has 7 aromatic rings. The van der Waals surface area contributed by atoms with E-state index in [4.69, 9.17) is 20.7 Å². The maximum Gasteiger partial charge on any atom is 0.164 e. The second-order valence-corrected chi connectivity index (χ2v) is 11.2. The molecule has 0 saturated carbocycles. The Morgan fingerprint density at radius 1 is 0.490 bits per heavy atom. The fourth-order valence-corrected chi connectivity index (χ4v) is 5.38. The lowest BCUT2D eigenvalue weighted by molar-refractivity contribution is 1.07. The molecule has 2 heterocycles. The lowest BCUT2D eigenvalue weighted by Crippen LogP contribution is -2.12. The molecule has 0 radical (unpaired) electrons. The van der Waals surface area contributed by atoms with Gasteiger partial charge in [0.25, 0.3) is 0 Å². The summed E-state index contributed by atoms with van der Waals surface area (Å²) in [5.74, 6) is 2.92. The zero-order valence-electron chi connectivity index (χ0n) is 26.6. The second kappa shape index (κ2) is 14.3. The average molecular weight is 634 g/mol. The van der Waals surface area contributed by atoms with Crippen molar-refractivity contribution in [2.75, 3.05) is 0 Å². The quantitative estimate of drug-likeness (QED) is 0.0967. The Hall–Kier alpha value is -6.86. The highest BCUT2D eigenvalue weighted by atomic mass is 15.0. The third-order valence-electron chi connectivity index (χ3n) is 7.90. The van der Waals surface area contributed by atoms with Gasteiger partial charge in [-0.15, -0.1) is 0 Å². The Morgan fingerprint density at radius 3 is 1.53 bits per heavy atom. The molecule has 7 heteroatoms. The van der Waals surface area contributed by atoms with Crippen molar-refractivity contribution in [1.82, 2.24) is 24.9 Å². The summed E-state index contributed by atoms with van der Waals surface area (Å²) in [4.78, 5) is 27.9. The van der Waals surface area contributed by atoms with Gasteiger partial charge in [-0.3, -0.25) is 0 Å². The van der Waals surface area contributed by atoms with Crippen LogP contribution in [0.1, 0.15) is 5.56 Å². The summed E-state index contributed by atoms with van der Waals surface area (Å²) in [5, 5.41) is 0. The number of benzene rings is 5. The normalized spacial score (nSPS) is 11.5. The summed E-state index contributed by atoms with van der Waals surface area (Å²) < 4.78 is 0. The van der Waals surface area contributed by atoms with Crippen LogP contribution in [0.2, 0.25) is 0 Å². The molecule has 0 unspecified atom stereocenters. The van der Waals surface area contributed by atoms with Gasteiger partial charge in [0.05, 0.1) is 0 Å². The first-order chi connectivity index (χ1) is 24.1. The van der Waals surface area contributed by atoms with Crippen molar-refractivity contribution in [3.63, 3.8) is 0 Å². The lowest BCUT2D eigenvalue weighted by atomic mass is 10.0. The van der Waals surface area contributed by atoms with Crippen molar-refractivity contribution >= 4 is 5.84 Å². The van der Waals surface area contributed by atoms with Crippen molar-refractivity contribution in [2.45, 2.75) is 0 Å². The molecule has 7 rings (SSSR count). The van der Waals surface area contributed by atoms with E-state index >= 15 is 0 Å². The van der Waals surface area contributed by atoms with Gasteiger partial charge in [0.15, 0.2) is 23.3 Å². The van der Waals surface area contributed by atoms with Gasteiger partial charge >= 0.3 is 0 Å². The first-order valence-electron chi connectivity index (χ1n) is 15.8. The number of hydrogen-bond acceptors (Lipinski definition) is 6. The van der Waals surface area contributed by atoms with E-state index in [0.29, 0.717) is 29.1 Å². The summed E-state index contributed by atoms with van der Waals surface area (Å²) in [6.45, 7) is 3.66. The van der Waals surface area contributed by atoms with Gasteiger partial charge in [-0.05, 0) is 46.5 Å². The fraction of sp³-hybridized carbons (Fsp3) is 0. The summed E-state index contributed by atoms with van der Waals surface area (Å²) in [7, 11) is 0. The zero-order valence-corrected chi connectivity index (χ0v) is 26.6. The number of nitrogens with two attached hydrogens (primary N) is 1. The Morgan fingerprint density at radius 2 is 0.959 bits per heavy atom. The number of aliphatic imine (C=N–C) groups is 1. The summed E-state index contributed by atoms with van der Waals surface area (Å²) in [6.07, 6.45) is 8.52. The minimum atomic E-state index is 0.437. The number of allylic oxidation sites excluding steroid dienone is 2. The maximum atomic E-state index is 6.16. The van der Waals surface area contributed by atoms with Crippen molar-refractivity contribution in [2.24, 2.45) is 10.7 Å². The van der Waals surface area contributed by atoms with Crippen LogP contribution >= 0.6 is 0 Å². The summed E-state index contributed by atoms with van der Waals surface area (Å²) >= 11 is 0. The molecule has 0 amide bonds. The average Bonchev–Trinajstić information content (AvgIpc) is 3.19. The van der Waals surface area contributed by atoms with E-state index in [9.17, 15) is 0 Å². The molecule has 0 bridgehead atoms. The van der Waals surface area contributed by atoms with Gasteiger partial charge in [0.1, 0.15) is 5.84 Å². The minimum absolute atomic E-state index is 0.437. The third kappa shape index (κ3) is 7.11. The maximum absolute atomic E-state index is 6.16. The summed E-state index contributed by atoms with van der Waals surface area (Å²) in [5.41, 5.74) is 14.8. The molecule has 5 aromatic carbocycles. The smallest absolute Gasteiger partial charge is 0.164 e. The molecule has 0 aliphatic heterocycles. The van der Waals surface area contributed by atoms with Crippen molar-refractivity contribution in [3.8, 4) is 67.8 Å². The molecule has 0 atom stereocenters. The molecule has 234 valence electrons. The Labute approximate surface area is 285 Å². The lowest BCUT2D eigenvalue weighted by Gasteiger charge is -2.11. The number of nitrogens with zero attached hydrogens (tertiary/aromatic N) is 6. The van der Waals surface area contributed by atoms with Crippen LogP contribution in [0.4, 0.5) is 0 Å². The van der Waals surface area contributed by atoms with Crippen molar-refractivity contribution < 1.29 is 0 Å². The second-order valence-electron chi connectivity index (χ2n) is 11.2. The van der Waals surface area contributed by atoms with Gasteiger partial charge in [-0.25, -0.2) is 29.9 Å². The van der Waals surface area contributed by atoms with Crippen LogP contribution in [0.15, 0.2) is 176 Å². The van der Waals surface area contributed by atoms with Gasteiger partial charge in [-0.2, -0.15) is 0 Å². The molecule has 7 nitrogen and oxygen atoms in total. The molecule has 2 aromatic heterocycles. The number of aromatic nitrogens is 5. The van der Waals surface area contributed by atoms with Crippen LogP contribution in [0, 0.1) is 0 Å². The van der Waals surface area contributed by atoms with Crippen LogP contribution < -0.4 is 5.73 Å². The van der Waals surface area contributed by atoms with Crippen molar-refractivity contribution in [1.29, 1.82) is 0 Å². The van der Waals surface area contributed by atoms with E-state index in [0.717, 1.165) is 50.1 Å². The SMILES string of the molecule is C=C/C=C\N=C(N)c1ccc(-c2cccc(-c3nc(-c4ccccc4)nc(-c4cccc(-c5ccc(-c6ncccn6)cc5)c4)n3)c2)cc1. The van der Waals surface area contributed by atoms with Gasteiger partial charge in [0.2, 0.25) is 0 Å². The number of rotatable bonds is 9. The molecular formula is C42H31N7. The molecule has 0 aliphatic carbocycles. The third-order valence-corrected chi connectivity index (χ3v) is 7.90. The van der Waals surface area contributed by atoms with Crippen LogP contribution in [-0.2, 0) is 0 Å². The van der Waals surface area contributed by atoms with E-state index in [2.05, 4.69) is 57.9 Å². The topological polar surface area (TPSA) is 103 Å². The molecule has 0 saturated heterocycles. The molecule has 0 aliphatic rings. The fourth-order valence-electron chi connectivity index (χ4n) is 5.38. The van der Waals surface area contributed by atoms with Gasteiger partial charge in [0, 0.05) is 46.4 Å². The Balaban J connectivity index is 1.24. The van der Waals surface area contributed by atoms with E-state index < -0.39 is 0 Å². The first-order valence-corrected chi connectivity index (χ1v) is 15.8. The van der Waals surface area contributed by atoms with Gasteiger partial charge in [-0.1, -0.05) is 128 Å². The number of hydrogen-bond donors (Lipinski definition) is 1. The minimum Gasteiger partial charge on any atom is -0.383 e. The summed E-state index contributed by atoms with van der Waals surface area (Å²) in [6, 6.07) is 44.5. The predicted octanol–water partition coefficient (Wildman–Crippen LogP) is 9.07. The molecule has 49 heavy (non-hydrogen) atoms. The highest BCUT2D eigenvalue weighted by Gasteiger charge is 2.14. The Kier molecular flexibility index (Phi) is 8.97. The van der Waals surface area contributed by atoms with E-state index in [-0.39, 0.29) is 0 Å². The van der Waals surface area contributed by atoms with Crippen molar-refractivity contribution in [3.05, 3.63) is 176 Å². The molecular weight excluding hydrogens is 603 g/mol. The Bertz CT molecular complexity index is 2280. The van der Waals surface area contributed by atoms with Crippen LogP contribution in [0.3, 0.4) is 0 Å². The largest absolute Gasteiger partial charge is 0.383 e. The number of amidine groups is 1. The molecule has 0 fully saturated rings. The molecule has 2 N–H and O–H groups in total. The van der Waals surface area contributed by atoms with E-state index in [1.54, 1.807) is 30.7 Å². The van der Waals surface area contributed by atoms with Gasteiger partial charge < -0.3 is 5.73 Å². The van der Waals surface area contributed by atoms with E-state index in [1.165, 1.54) is 0 Å². The predicted molar refractivity (Wildman–Crippen MR) is 198 cm³/mol. The first kappa shape index (κ1) is 30.8. The van der Waals surface area contributed by atoms with Crippen LogP contribution in [0.25, 0.3) is 67.8 Å². The highest BCUT2D eigenvalue weighted by molar-refractivity contribution is 5.98. The van der Waals surface area contributed by atoms with Crippen LogP contribution in [0.5, 0.6) is 0 Å².